The first-order valence-electron chi connectivity index (χ1n) is 8.37. The SMILES string of the molecule is C=CCc1cc(C(=O)Nc2ccc(OCCOC)nc2)cc(OC)c1OC. The number of methoxy groups -OCH3 is 3. The molecular formula is C20H24N2O5. The zero-order valence-electron chi connectivity index (χ0n) is 15.8. The number of ether oxygens (including phenoxy) is 4. The molecule has 1 N–H and O–H groups in total. The van der Waals surface area contributed by atoms with Crippen molar-refractivity contribution >= 4 is 11.6 Å². The van der Waals surface area contributed by atoms with E-state index in [4.69, 9.17) is 18.9 Å². The lowest BCUT2D eigenvalue weighted by molar-refractivity contribution is 0.102. The van der Waals surface area contributed by atoms with Crippen molar-refractivity contribution in [2.45, 2.75) is 6.42 Å². The number of amides is 1. The molecule has 1 amide bonds. The fourth-order valence-electron chi connectivity index (χ4n) is 2.45. The molecule has 0 atom stereocenters. The number of benzene rings is 1. The summed E-state index contributed by atoms with van der Waals surface area (Å²) in [7, 11) is 4.69. The highest BCUT2D eigenvalue weighted by Gasteiger charge is 2.16. The molecule has 1 aromatic carbocycles. The maximum Gasteiger partial charge on any atom is 0.255 e. The number of hydrogen-bond acceptors (Lipinski definition) is 6. The molecule has 27 heavy (non-hydrogen) atoms. The van der Waals surface area contributed by atoms with Gasteiger partial charge in [0.05, 0.1) is 32.7 Å². The minimum Gasteiger partial charge on any atom is -0.493 e. The molecule has 0 aliphatic carbocycles. The molecule has 2 rings (SSSR count). The van der Waals surface area contributed by atoms with Crippen molar-refractivity contribution in [1.29, 1.82) is 0 Å². The fourth-order valence-corrected chi connectivity index (χ4v) is 2.45. The minimum absolute atomic E-state index is 0.281. The Kier molecular flexibility index (Phi) is 7.63. The zero-order valence-corrected chi connectivity index (χ0v) is 15.8. The van der Waals surface area contributed by atoms with Gasteiger partial charge in [0.25, 0.3) is 5.91 Å². The van der Waals surface area contributed by atoms with Crippen LogP contribution in [0, 0.1) is 0 Å². The van der Waals surface area contributed by atoms with Gasteiger partial charge in [0.2, 0.25) is 5.88 Å². The monoisotopic (exact) mass is 372 g/mol. The Morgan fingerprint density at radius 3 is 2.59 bits per heavy atom. The van der Waals surface area contributed by atoms with Crippen molar-refractivity contribution in [1.82, 2.24) is 4.98 Å². The van der Waals surface area contributed by atoms with Crippen molar-refractivity contribution < 1.29 is 23.7 Å². The Morgan fingerprint density at radius 1 is 1.19 bits per heavy atom. The number of nitrogens with zero attached hydrogens (tertiary/aromatic N) is 1. The van der Waals surface area contributed by atoms with E-state index in [1.54, 1.807) is 44.6 Å². The summed E-state index contributed by atoms with van der Waals surface area (Å²) >= 11 is 0. The molecule has 0 bridgehead atoms. The summed E-state index contributed by atoms with van der Waals surface area (Å²) in [6, 6.07) is 6.80. The average molecular weight is 372 g/mol. The van der Waals surface area contributed by atoms with Gasteiger partial charge < -0.3 is 24.3 Å². The molecule has 1 heterocycles. The van der Waals surface area contributed by atoms with Gasteiger partial charge in [-0.25, -0.2) is 4.98 Å². The van der Waals surface area contributed by atoms with Crippen molar-refractivity contribution in [2.75, 3.05) is 39.9 Å². The van der Waals surface area contributed by atoms with Crippen molar-refractivity contribution in [3.63, 3.8) is 0 Å². The van der Waals surface area contributed by atoms with E-state index in [9.17, 15) is 4.79 Å². The molecule has 0 spiro atoms. The van der Waals surface area contributed by atoms with Gasteiger partial charge in [-0.3, -0.25) is 4.79 Å². The van der Waals surface area contributed by atoms with Crippen molar-refractivity contribution in [2.24, 2.45) is 0 Å². The van der Waals surface area contributed by atoms with Gasteiger partial charge >= 0.3 is 0 Å². The number of carbonyl (C=O) groups excluding carboxylic acids is 1. The zero-order chi connectivity index (χ0) is 19.6. The molecule has 0 fully saturated rings. The number of carbonyl (C=O) groups is 1. The Balaban J connectivity index is 2.15. The fraction of sp³-hybridized carbons (Fsp3) is 0.300. The quantitative estimate of drug-likeness (QED) is 0.510. The molecule has 0 saturated carbocycles. The van der Waals surface area contributed by atoms with Crippen LogP contribution >= 0.6 is 0 Å². The third kappa shape index (κ3) is 5.46. The Hall–Kier alpha value is -3.06. The number of rotatable bonds is 10. The number of anilines is 1. The molecular weight excluding hydrogens is 348 g/mol. The maximum absolute atomic E-state index is 12.6. The molecule has 2 aromatic rings. The number of allylic oxidation sites excluding steroid dienone is 1. The van der Waals surface area contributed by atoms with Crippen LogP contribution in [0.25, 0.3) is 0 Å². The van der Waals surface area contributed by atoms with Crippen LogP contribution in [0.2, 0.25) is 0 Å². The first-order valence-corrected chi connectivity index (χ1v) is 8.37. The second-order valence-electron chi connectivity index (χ2n) is 5.54. The van der Waals surface area contributed by atoms with Crippen LogP contribution in [-0.2, 0) is 11.2 Å². The number of hydrogen-bond donors (Lipinski definition) is 1. The van der Waals surface area contributed by atoms with Crippen molar-refractivity contribution in [3.8, 4) is 17.4 Å². The lowest BCUT2D eigenvalue weighted by Crippen LogP contribution is -2.13. The van der Waals surface area contributed by atoms with E-state index in [0.717, 1.165) is 5.56 Å². The van der Waals surface area contributed by atoms with Crippen LogP contribution in [0.1, 0.15) is 15.9 Å². The summed E-state index contributed by atoms with van der Waals surface area (Å²) < 4.78 is 21.1. The highest BCUT2D eigenvalue weighted by atomic mass is 16.5. The van der Waals surface area contributed by atoms with Gasteiger partial charge in [-0.1, -0.05) is 6.08 Å². The van der Waals surface area contributed by atoms with E-state index in [0.29, 0.717) is 48.3 Å². The standard InChI is InChI=1S/C20H24N2O5/c1-5-6-14-11-15(12-17(25-3)19(14)26-4)20(23)22-16-7-8-18(21-13-16)27-10-9-24-2/h5,7-8,11-13H,1,6,9-10H2,2-4H3,(H,22,23). The smallest absolute Gasteiger partial charge is 0.255 e. The number of nitrogens with one attached hydrogen (secondary N) is 1. The minimum atomic E-state index is -0.281. The normalized spacial score (nSPS) is 10.2. The topological polar surface area (TPSA) is 78.9 Å². The van der Waals surface area contributed by atoms with E-state index >= 15 is 0 Å². The predicted molar refractivity (Wildman–Crippen MR) is 103 cm³/mol. The van der Waals surface area contributed by atoms with Crippen LogP contribution in [-0.4, -0.2) is 45.4 Å². The average Bonchev–Trinajstić information content (AvgIpc) is 2.69. The first kappa shape index (κ1) is 20.3. The Bertz CT molecular complexity index is 775. The summed E-state index contributed by atoms with van der Waals surface area (Å²) in [5.74, 6) is 1.26. The van der Waals surface area contributed by atoms with Crippen LogP contribution in [0.15, 0.2) is 43.1 Å². The van der Waals surface area contributed by atoms with E-state index in [2.05, 4.69) is 16.9 Å². The van der Waals surface area contributed by atoms with E-state index in [1.165, 1.54) is 13.3 Å². The lowest BCUT2D eigenvalue weighted by atomic mass is 10.0. The van der Waals surface area contributed by atoms with E-state index < -0.39 is 0 Å². The van der Waals surface area contributed by atoms with Crippen LogP contribution < -0.4 is 19.5 Å². The Labute approximate surface area is 158 Å². The highest BCUT2D eigenvalue weighted by molar-refractivity contribution is 6.04. The molecule has 0 radical (unpaired) electrons. The largest absolute Gasteiger partial charge is 0.493 e. The summed E-state index contributed by atoms with van der Waals surface area (Å²) in [5, 5.41) is 2.81. The van der Waals surface area contributed by atoms with Gasteiger partial charge in [0, 0.05) is 24.3 Å². The molecule has 7 nitrogen and oxygen atoms in total. The van der Waals surface area contributed by atoms with Crippen LogP contribution in [0.4, 0.5) is 5.69 Å². The summed E-state index contributed by atoms with van der Waals surface area (Å²) in [6.07, 6.45) is 3.83. The second-order valence-corrected chi connectivity index (χ2v) is 5.54. The first-order chi connectivity index (χ1) is 13.1. The third-order valence-corrected chi connectivity index (χ3v) is 3.71. The molecule has 1 aromatic heterocycles. The predicted octanol–water partition coefficient (Wildman–Crippen LogP) is 3.10. The summed E-state index contributed by atoms with van der Waals surface area (Å²) in [5.41, 5.74) is 1.82. The van der Waals surface area contributed by atoms with Gasteiger partial charge in [0.15, 0.2) is 11.5 Å². The Morgan fingerprint density at radius 2 is 2.00 bits per heavy atom. The second kappa shape index (κ2) is 10.2. The summed E-state index contributed by atoms with van der Waals surface area (Å²) in [6.45, 7) is 4.63. The molecule has 0 unspecified atom stereocenters. The highest BCUT2D eigenvalue weighted by Crippen LogP contribution is 2.33. The molecule has 7 heteroatoms. The molecule has 0 aliphatic rings. The summed E-state index contributed by atoms with van der Waals surface area (Å²) in [4.78, 5) is 16.8. The van der Waals surface area contributed by atoms with E-state index in [1.807, 2.05) is 0 Å². The van der Waals surface area contributed by atoms with Gasteiger partial charge in [-0.15, -0.1) is 6.58 Å². The maximum atomic E-state index is 12.6. The number of aromatic nitrogens is 1. The third-order valence-electron chi connectivity index (χ3n) is 3.71. The molecule has 0 saturated heterocycles. The lowest BCUT2D eigenvalue weighted by Gasteiger charge is -2.14. The molecule has 144 valence electrons. The van der Waals surface area contributed by atoms with Crippen LogP contribution in [0.5, 0.6) is 17.4 Å². The molecule has 0 aliphatic heterocycles. The van der Waals surface area contributed by atoms with Gasteiger partial charge in [-0.05, 0) is 24.6 Å². The van der Waals surface area contributed by atoms with Crippen LogP contribution in [0.3, 0.4) is 0 Å². The van der Waals surface area contributed by atoms with E-state index in [-0.39, 0.29) is 5.91 Å². The van der Waals surface area contributed by atoms with Crippen molar-refractivity contribution in [3.05, 3.63) is 54.2 Å². The van der Waals surface area contributed by atoms with Gasteiger partial charge in [0.1, 0.15) is 6.61 Å². The number of pyridine rings is 1. The van der Waals surface area contributed by atoms with Gasteiger partial charge in [-0.2, -0.15) is 0 Å².